The van der Waals surface area contributed by atoms with Crippen LogP contribution in [-0.4, -0.2) is 33.0 Å². The van der Waals surface area contributed by atoms with Crippen molar-refractivity contribution in [1.82, 2.24) is 14.5 Å². The Bertz CT molecular complexity index is 729. The molecule has 2 heterocycles. The van der Waals surface area contributed by atoms with E-state index in [4.69, 9.17) is 4.74 Å². The third kappa shape index (κ3) is 2.71. The molecule has 0 N–H and O–H groups in total. The number of ether oxygens (including phenoxy) is 1. The summed E-state index contributed by atoms with van der Waals surface area (Å²) in [5, 5.41) is 0. The summed E-state index contributed by atoms with van der Waals surface area (Å²) < 4.78 is 7.78. The normalized spacial score (nSPS) is 17.0. The lowest BCUT2D eigenvalue weighted by molar-refractivity contribution is 0.0746. The molecule has 5 nitrogen and oxygen atoms in total. The first-order valence-electron chi connectivity index (χ1n) is 8.23. The highest BCUT2D eigenvalue weighted by atomic mass is 16.5. The average Bonchev–Trinajstić information content (AvgIpc) is 3.16. The van der Waals surface area contributed by atoms with Crippen molar-refractivity contribution in [1.29, 1.82) is 0 Å². The summed E-state index contributed by atoms with van der Waals surface area (Å²) >= 11 is 0. The van der Waals surface area contributed by atoms with Crippen molar-refractivity contribution in [2.45, 2.75) is 39.5 Å². The highest BCUT2D eigenvalue weighted by Gasteiger charge is 2.31. The SMILES string of the molecule is CC(C)CN1Cn2c(-c3ccc(OC4CC4)cc3)cnc2C1=O. The van der Waals surface area contributed by atoms with Crippen LogP contribution in [0.15, 0.2) is 30.5 Å². The molecule has 120 valence electrons. The second-order valence-electron chi connectivity index (χ2n) is 6.80. The molecule has 2 aromatic rings. The predicted octanol–water partition coefficient (Wildman–Crippen LogP) is 3.16. The van der Waals surface area contributed by atoms with E-state index in [0.29, 0.717) is 24.5 Å². The summed E-state index contributed by atoms with van der Waals surface area (Å²) in [5.74, 6) is 1.93. The van der Waals surface area contributed by atoms with E-state index in [1.165, 1.54) is 0 Å². The summed E-state index contributed by atoms with van der Waals surface area (Å²) in [6.07, 6.45) is 4.51. The molecule has 1 saturated carbocycles. The average molecular weight is 311 g/mol. The molecule has 0 atom stereocenters. The molecular formula is C18H21N3O2. The van der Waals surface area contributed by atoms with Crippen LogP contribution in [0.4, 0.5) is 0 Å². The molecular weight excluding hydrogens is 290 g/mol. The minimum Gasteiger partial charge on any atom is -0.490 e. The second kappa shape index (κ2) is 5.41. The molecule has 1 aromatic heterocycles. The number of benzene rings is 1. The lowest BCUT2D eigenvalue weighted by Crippen LogP contribution is -2.28. The van der Waals surface area contributed by atoms with Gasteiger partial charge in [-0.3, -0.25) is 4.79 Å². The van der Waals surface area contributed by atoms with Crippen LogP contribution >= 0.6 is 0 Å². The van der Waals surface area contributed by atoms with Gasteiger partial charge in [0.05, 0.1) is 24.7 Å². The van der Waals surface area contributed by atoms with Crippen LogP contribution in [0.25, 0.3) is 11.3 Å². The van der Waals surface area contributed by atoms with Crippen molar-refractivity contribution >= 4 is 5.91 Å². The Morgan fingerprint density at radius 2 is 2.00 bits per heavy atom. The number of aromatic nitrogens is 2. The summed E-state index contributed by atoms with van der Waals surface area (Å²) in [6.45, 7) is 5.58. The smallest absolute Gasteiger partial charge is 0.291 e. The summed E-state index contributed by atoms with van der Waals surface area (Å²) in [4.78, 5) is 18.6. The Morgan fingerprint density at radius 3 is 2.65 bits per heavy atom. The van der Waals surface area contributed by atoms with Crippen LogP contribution in [0.3, 0.4) is 0 Å². The van der Waals surface area contributed by atoms with E-state index in [9.17, 15) is 4.79 Å². The van der Waals surface area contributed by atoms with Gasteiger partial charge in [0.15, 0.2) is 0 Å². The Hall–Kier alpha value is -2.30. The third-order valence-corrected chi connectivity index (χ3v) is 4.21. The van der Waals surface area contributed by atoms with Gasteiger partial charge < -0.3 is 14.2 Å². The van der Waals surface area contributed by atoms with Gasteiger partial charge in [-0.1, -0.05) is 13.8 Å². The number of amides is 1. The van der Waals surface area contributed by atoms with Gasteiger partial charge in [-0.15, -0.1) is 0 Å². The van der Waals surface area contributed by atoms with Crippen molar-refractivity contribution in [2.75, 3.05) is 6.54 Å². The van der Waals surface area contributed by atoms with Crippen molar-refractivity contribution in [2.24, 2.45) is 5.92 Å². The van der Waals surface area contributed by atoms with E-state index in [-0.39, 0.29) is 5.91 Å². The molecule has 5 heteroatoms. The first kappa shape index (κ1) is 14.3. The quantitative estimate of drug-likeness (QED) is 0.852. The Morgan fingerprint density at radius 1 is 1.26 bits per heavy atom. The Balaban J connectivity index is 1.57. The summed E-state index contributed by atoms with van der Waals surface area (Å²) in [5.41, 5.74) is 2.05. The maximum atomic E-state index is 12.4. The largest absolute Gasteiger partial charge is 0.490 e. The number of hydrogen-bond acceptors (Lipinski definition) is 3. The highest BCUT2D eigenvalue weighted by molar-refractivity contribution is 5.93. The Kier molecular flexibility index (Phi) is 3.36. The standard InChI is InChI=1S/C18H21N3O2/c1-12(2)10-20-11-21-16(9-19-17(21)18(20)22)13-3-5-14(6-4-13)23-15-7-8-15/h3-6,9,12,15H,7-8,10-11H2,1-2H3. The van der Waals surface area contributed by atoms with E-state index >= 15 is 0 Å². The highest BCUT2D eigenvalue weighted by Crippen LogP contribution is 2.30. The number of nitrogens with zero attached hydrogens (tertiary/aromatic N) is 3. The monoisotopic (exact) mass is 311 g/mol. The fourth-order valence-electron chi connectivity index (χ4n) is 2.96. The van der Waals surface area contributed by atoms with Crippen LogP contribution in [0.2, 0.25) is 0 Å². The molecule has 0 unspecified atom stereocenters. The lowest BCUT2D eigenvalue weighted by Gasteiger charge is -2.18. The van der Waals surface area contributed by atoms with E-state index < -0.39 is 0 Å². The van der Waals surface area contributed by atoms with Crippen molar-refractivity contribution in [3.63, 3.8) is 0 Å². The number of carbonyl (C=O) groups excluding carboxylic acids is 1. The Labute approximate surface area is 135 Å². The molecule has 1 fully saturated rings. The molecule has 1 aliphatic heterocycles. The van der Waals surface area contributed by atoms with Crippen LogP contribution in [0.1, 0.15) is 37.3 Å². The minimum absolute atomic E-state index is 0.0265. The molecule has 1 amide bonds. The fourth-order valence-corrected chi connectivity index (χ4v) is 2.96. The van der Waals surface area contributed by atoms with E-state index in [2.05, 4.69) is 18.8 Å². The van der Waals surface area contributed by atoms with Gasteiger partial charge >= 0.3 is 0 Å². The molecule has 23 heavy (non-hydrogen) atoms. The summed E-state index contributed by atoms with van der Waals surface area (Å²) in [6, 6.07) is 8.07. The van der Waals surface area contributed by atoms with Gasteiger partial charge in [-0.05, 0) is 43.0 Å². The zero-order valence-corrected chi connectivity index (χ0v) is 13.5. The molecule has 0 spiro atoms. The molecule has 1 aliphatic carbocycles. The predicted molar refractivity (Wildman–Crippen MR) is 87.2 cm³/mol. The molecule has 0 radical (unpaired) electrons. The van der Waals surface area contributed by atoms with Crippen molar-refractivity contribution < 1.29 is 9.53 Å². The zero-order valence-electron chi connectivity index (χ0n) is 13.5. The number of rotatable bonds is 5. The van der Waals surface area contributed by atoms with E-state index in [0.717, 1.165) is 36.4 Å². The van der Waals surface area contributed by atoms with Gasteiger partial charge in [-0.2, -0.15) is 0 Å². The number of hydrogen-bond donors (Lipinski definition) is 0. The minimum atomic E-state index is 0.0265. The van der Waals surface area contributed by atoms with Crippen LogP contribution < -0.4 is 4.74 Å². The first-order valence-corrected chi connectivity index (χ1v) is 8.23. The van der Waals surface area contributed by atoms with Gasteiger partial charge in [0.1, 0.15) is 5.75 Å². The number of carbonyl (C=O) groups is 1. The topological polar surface area (TPSA) is 47.4 Å². The van der Waals surface area contributed by atoms with Gasteiger partial charge in [0, 0.05) is 12.1 Å². The van der Waals surface area contributed by atoms with Crippen LogP contribution in [0, 0.1) is 5.92 Å². The maximum absolute atomic E-state index is 12.4. The number of fused-ring (bicyclic) bond motifs is 1. The van der Waals surface area contributed by atoms with Gasteiger partial charge in [0.25, 0.3) is 5.91 Å². The van der Waals surface area contributed by atoms with Gasteiger partial charge in [0.2, 0.25) is 5.82 Å². The van der Waals surface area contributed by atoms with Crippen molar-refractivity contribution in [3.8, 4) is 17.0 Å². The van der Waals surface area contributed by atoms with Crippen LogP contribution in [-0.2, 0) is 6.67 Å². The van der Waals surface area contributed by atoms with Crippen LogP contribution in [0.5, 0.6) is 5.75 Å². The van der Waals surface area contributed by atoms with Gasteiger partial charge in [-0.25, -0.2) is 4.98 Å². The fraction of sp³-hybridized carbons (Fsp3) is 0.444. The molecule has 1 aromatic carbocycles. The van der Waals surface area contributed by atoms with E-state index in [1.807, 2.05) is 33.7 Å². The van der Waals surface area contributed by atoms with E-state index in [1.54, 1.807) is 6.20 Å². The lowest BCUT2D eigenvalue weighted by atomic mass is 10.1. The number of imidazole rings is 1. The molecule has 0 saturated heterocycles. The van der Waals surface area contributed by atoms with Crippen molar-refractivity contribution in [3.05, 3.63) is 36.3 Å². The molecule has 4 rings (SSSR count). The third-order valence-electron chi connectivity index (χ3n) is 4.21. The zero-order chi connectivity index (χ0) is 16.0. The maximum Gasteiger partial charge on any atom is 0.291 e. The first-order chi connectivity index (χ1) is 11.1. The molecule has 2 aliphatic rings. The second-order valence-corrected chi connectivity index (χ2v) is 6.80. The summed E-state index contributed by atoms with van der Waals surface area (Å²) in [7, 11) is 0. The molecule has 0 bridgehead atoms.